The second-order valence-electron chi connectivity index (χ2n) is 8.14. The van der Waals surface area contributed by atoms with Crippen molar-refractivity contribution >= 4 is 29.1 Å². The quantitative estimate of drug-likeness (QED) is 0.652. The fourth-order valence-electron chi connectivity index (χ4n) is 4.06. The lowest BCUT2D eigenvalue weighted by atomic mass is 9.61. The molecular weight excluding hydrogens is 426 g/mol. The van der Waals surface area contributed by atoms with E-state index in [1.165, 1.54) is 0 Å². The SMILES string of the molecule is CCOC1CC1NC(=O)C1(c2ccc(NC(=O)c3cccc(Cl)c3)cc2)CC(F)(F)C1. The summed E-state index contributed by atoms with van der Waals surface area (Å²) >= 11 is 5.92. The van der Waals surface area contributed by atoms with Gasteiger partial charge in [-0.25, -0.2) is 8.78 Å². The molecule has 2 atom stereocenters. The van der Waals surface area contributed by atoms with Gasteiger partial charge in [-0.3, -0.25) is 9.59 Å². The molecule has 0 spiro atoms. The van der Waals surface area contributed by atoms with Gasteiger partial charge in [0.25, 0.3) is 11.8 Å². The summed E-state index contributed by atoms with van der Waals surface area (Å²) in [5.41, 5.74) is 0.122. The first-order valence-electron chi connectivity index (χ1n) is 10.2. The van der Waals surface area contributed by atoms with Crippen molar-refractivity contribution in [1.29, 1.82) is 0 Å². The Hall–Kier alpha value is -2.51. The van der Waals surface area contributed by atoms with Crippen LogP contribution in [0.3, 0.4) is 0 Å². The molecule has 5 nitrogen and oxygen atoms in total. The number of rotatable bonds is 7. The summed E-state index contributed by atoms with van der Waals surface area (Å²) in [4.78, 5) is 25.3. The van der Waals surface area contributed by atoms with Crippen LogP contribution in [0.4, 0.5) is 14.5 Å². The maximum absolute atomic E-state index is 13.8. The zero-order valence-electron chi connectivity index (χ0n) is 17.0. The highest BCUT2D eigenvalue weighted by Gasteiger charge is 2.62. The molecule has 2 saturated carbocycles. The van der Waals surface area contributed by atoms with E-state index >= 15 is 0 Å². The molecule has 0 bridgehead atoms. The van der Waals surface area contributed by atoms with E-state index in [0.29, 0.717) is 34.9 Å². The molecule has 2 aromatic carbocycles. The van der Waals surface area contributed by atoms with Crippen LogP contribution in [0.25, 0.3) is 0 Å². The number of carbonyl (C=O) groups is 2. The summed E-state index contributed by atoms with van der Waals surface area (Å²) in [6, 6.07) is 12.9. The van der Waals surface area contributed by atoms with E-state index in [0.717, 1.165) is 0 Å². The molecule has 2 aliphatic carbocycles. The molecule has 0 aliphatic heterocycles. The summed E-state index contributed by atoms with van der Waals surface area (Å²) in [6.07, 6.45) is -0.422. The Morgan fingerprint density at radius 2 is 1.87 bits per heavy atom. The molecule has 0 radical (unpaired) electrons. The molecule has 2 aromatic rings. The van der Waals surface area contributed by atoms with E-state index in [1.807, 2.05) is 6.92 Å². The zero-order chi connectivity index (χ0) is 22.2. The van der Waals surface area contributed by atoms with Crippen LogP contribution in [0.1, 0.15) is 42.1 Å². The first kappa shape index (κ1) is 21.7. The monoisotopic (exact) mass is 448 g/mol. The average molecular weight is 449 g/mol. The van der Waals surface area contributed by atoms with Crippen molar-refractivity contribution in [1.82, 2.24) is 5.32 Å². The summed E-state index contributed by atoms with van der Waals surface area (Å²) in [6.45, 7) is 2.42. The maximum Gasteiger partial charge on any atom is 0.255 e. The van der Waals surface area contributed by atoms with Crippen LogP contribution in [0.15, 0.2) is 48.5 Å². The highest BCUT2D eigenvalue weighted by molar-refractivity contribution is 6.31. The van der Waals surface area contributed by atoms with Crippen molar-refractivity contribution in [2.45, 2.75) is 49.7 Å². The van der Waals surface area contributed by atoms with Gasteiger partial charge in [-0.1, -0.05) is 29.8 Å². The fraction of sp³-hybridized carbons (Fsp3) is 0.391. The molecule has 2 N–H and O–H groups in total. The summed E-state index contributed by atoms with van der Waals surface area (Å²) in [5.74, 6) is -3.62. The predicted molar refractivity (Wildman–Crippen MR) is 114 cm³/mol. The van der Waals surface area contributed by atoms with Crippen molar-refractivity contribution in [2.24, 2.45) is 0 Å². The number of ether oxygens (including phenoxy) is 1. The van der Waals surface area contributed by atoms with Gasteiger partial charge in [0, 0.05) is 35.7 Å². The van der Waals surface area contributed by atoms with Crippen LogP contribution < -0.4 is 10.6 Å². The Morgan fingerprint density at radius 1 is 1.16 bits per heavy atom. The number of hydrogen-bond acceptors (Lipinski definition) is 3. The normalized spacial score (nSPS) is 22.8. The molecule has 2 fully saturated rings. The Balaban J connectivity index is 1.47. The summed E-state index contributed by atoms with van der Waals surface area (Å²) in [7, 11) is 0. The van der Waals surface area contributed by atoms with Crippen molar-refractivity contribution in [3.05, 3.63) is 64.7 Å². The molecule has 2 unspecified atom stereocenters. The molecule has 2 aliphatic rings. The van der Waals surface area contributed by atoms with Crippen molar-refractivity contribution in [3.8, 4) is 0 Å². The molecule has 0 aromatic heterocycles. The molecule has 0 saturated heterocycles. The minimum absolute atomic E-state index is 0.0457. The van der Waals surface area contributed by atoms with E-state index in [4.69, 9.17) is 16.3 Å². The second kappa shape index (κ2) is 8.20. The third-order valence-corrected chi connectivity index (χ3v) is 6.00. The van der Waals surface area contributed by atoms with Crippen molar-refractivity contribution in [3.63, 3.8) is 0 Å². The van der Waals surface area contributed by atoms with Crippen LogP contribution >= 0.6 is 11.6 Å². The van der Waals surface area contributed by atoms with Crippen LogP contribution in [0.5, 0.6) is 0 Å². The van der Waals surface area contributed by atoms with Gasteiger partial charge < -0.3 is 15.4 Å². The predicted octanol–water partition coefficient (Wildman–Crippen LogP) is 4.55. The van der Waals surface area contributed by atoms with Gasteiger partial charge in [0.15, 0.2) is 0 Å². The molecule has 8 heteroatoms. The highest BCUT2D eigenvalue weighted by atomic mass is 35.5. The first-order valence-corrected chi connectivity index (χ1v) is 10.6. The number of nitrogens with one attached hydrogen (secondary N) is 2. The van der Waals surface area contributed by atoms with E-state index in [2.05, 4.69) is 10.6 Å². The first-order chi connectivity index (χ1) is 14.7. The van der Waals surface area contributed by atoms with Crippen molar-refractivity contribution in [2.75, 3.05) is 11.9 Å². The molecule has 2 amide bonds. The maximum atomic E-state index is 13.8. The minimum Gasteiger partial charge on any atom is -0.376 e. The molecular formula is C23H23ClF2N2O3. The Kier molecular flexibility index (Phi) is 5.75. The van der Waals surface area contributed by atoms with Gasteiger partial charge in [0.05, 0.1) is 17.6 Å². The number of carbonyl (C=O) groups excluding carboxylic acids is 2. The van der Waals surface area contributed by atoms with Crippen LogP contribution in [-0.2, 0) is 14.9 Å². The van der Waals surface area contributed by atoms with Crippen LogP contribution in [0, 0.1) is 0 Å². The average Bonchev–Trinajstić information content (AvgIpc) is 3.43. The third kappa shape index (κ3) is 4.57. The molecule has 0 heterocycles. The third-order valence-electron chi connectivity index (χ3n) is 5.77. The van der Waals surface area contributed by atoms with Gasteiger partial charge >= 0.3 is 0 Å². The van der Waals surface area contributed by atoms with E-state index in [9.17, 15) is 18.4 Å². The topological polar surface area (TPSA) is 67.4 Å². The van der Waals surface area contributed by atoms with Crippen LogP contribution in [-0.4, -0.2) is 36.5 Å². The molecule has 164 valence electrons. The smallest absolute Gasteiger partial charge is 0.255 e. The number of anilines is 1. The highest BCUT2D eigenvalue weighted by Crippen LogP contribution is 2.54. The largest absolute Gasteiger partial charge is 0.376 e. The van der Waals surface area contributed by atoms with E-state index in [-0.39, 0.29) is 18.1 Å². The van der Waals surface area contributed by atoms with Gasteiger partial charge in [0.2, 0.25) is 5.91 Å². The lowest BCUT2D eigenvalue weighted by Gasteiger charge is -2.46. The molecule has 4 rings (SSSR count). The van der Waals surface area contributed by atoms with Gasteiger partial charge in [-0.2, -0.15) is 0 Å². The lowest BCUT2D eigenvalue weighted by Crippen LogP contribution is -2.58. The molecule has 31 heavy (non-hydrogen) atoms. The number of halogens is 3. The van der Waals surface area contributed by atoms with Gasteiger partial charge in [0.1, 0.15) is 0 Å². The Labute approximate surface area is 184 Å². The van der Waals surface area contributed by atoms with Gasteiger partial charge in [-0.05, 0) is 49.2 Å². The number of amides is 2. The zero-order valence-corrected chi connectivity index (χ0v) is 17.7. The number of benzene rings is 2. The lowest BCUT2D eigenvalue weighted by molar-refractivity contribution is -0.159. The van der Waals surface area contributed by atoms with Crippen LogP contribution in [0.2, 0.25) is 5.02 Å². The van der Waals surface area contributed by atoms with E-state index in [1.54, 1.807) is 48.5 Å². The standard InChI is InChI=1S/C23H23ClF2N2O3/c1-2-31-19-11-18(19)28-21(30)22(12-23(25,26)13-22)15-6-8-17(9-7-15)27-20(29)14-4-3-5-16(24)10-14/h3-10,18-19H,2,11-13H2,1H3,(H,27,29)(H,28,30). The second-order valence-corrected chi connectivity index (χ2v) is 8.58. The van der Waals surface area contributed by atoms with Crippen molar-refractivity contribution < 1.29 is 23.1 Å². The Bertz CT molecular complexity index is 989. The number of hydrogen-bond donors (Lipinski definition) is 2. The van der Waals surface area contributed by atoms with E-state index < -0.39 is 30.1 Å². The minimum atomic E-state index is -2.88. The fourth-order valence-corrected chi connectivity index (χ4v) is 4.25. The number of alkyl halides is 2. The Morgan fingerprint density at radius 3 is 2.48 bits per heavy atom. The summed E-state index contributed by atoms with van der Waals surface area (Å²) in [5, 5.41) is 6.05. The summed E-state index contributed by atoms with van der Waals surface area (Å²) < 4.78 is 33.1. The van der Waals surface area contributed by atoms with Gasteiger partial charge in [-0.15, -0.1) is 0 Å².